The molecule has 1 aromatic carbocycles. The molecule has 2 unspecified atom stereocenters. The van der Waals surface area contributed by atoms with E-state index in [9.17, 15) is 4.79 Å². The fourth-order valence-corrected chi connectivity index (χ4v) is 2.78. The Kier molecular flexibility index (Phi) is 3.36. The Morgan fingerprint density at radius 3 is 2.71 bits per heavy atom. The van der Waals surface area contributed by atoms with Crippen molar-refractivity contribution in [3.63, 3.8) is 0 Å². The molecule has 0 saturated heterocycles. The van der Waals surface area contributed by atoms with Gasteiger partial charge in [0, 0.05) is 5.41 Å². The van der Waals surface area contributed by atoms with Gasteiger partial charge in [-0.3, -0.25) is 0 Å². The number of benzene rings is 1. The zero-order chi connectivity index (χ0) is 12.3. The molecule has 0 radical (unpaired) electrons. The average Bonchev–Trinajstić information content (AvgIpc) is 2.33. The normalized spacial score (nSPS) is 28.6. The number of rotatable bonds is 2. The lowest BCUT2D eigenvalue weighted by Gasteiger charge is -2.40. The van der Waals surface area contributed by atoms with Crippen LogP contribution in [-0.4, -0.2) is 12.2 Å². The maximum Gasteiger partial charge on any atom is 0.404 e. The van der Waals surface area contributed by atoms with E-state index in [0.717, 1.165) is 19.3 Å². The highest BCUT2D eigenvalue weighted by Crippen LogP contribution is 2.40. The molecule has 1 saturated carbocycles. The molecule has 2 rings (SSSR count). The van der Waals surface area contributed by atoms with Gasteiger partial charge in [0.05, 0.1) is 0 Å². The third-order valence-corrected chi connectivity index (χ3v) is 3.81. The van der Waals surface area contributed by atoms with Gasteiger partial charge in [-0.05, 0) is 24.8 Å². The van der Waals surface area contributed by atoms with Crippen molar-refractivity contribution in [2.45, 2.75) is 44.1 Å². The predicted octanol–water partition coefficient (Wildman–Crippen LogP) is 2.98. The summed E-state index contributed by atoms with van der Waals surface area (Å²) in [6.07, 6.45) is 3.43. The molecule has 0 aromatic heterocycles. The second kappa shape index (κ2) is 4.78. The van der Waals surface area contributed by atoms with Crippen molar-refractivity contribution < 1.29 is 9.53 Å². The lowest BCUT2D eigenvalue weighted by atomic mass is 9.69. The minimum absolute atomic E-state index is 0.101. The van der Waals surface area contributed by atoms with E-state index in [1.54, 1.807) is 0 Å². The van der Waals surface area contributed by atoms with Gasteiger partial charge in [0.1, 0.15) is 6.10 Å². The average molecular weight is 233 g/mol. The predicted molar refractivity (Wildman–Crippen MR) is 66.7 cm³/mol. The van der Waals surface area contributed by atoms with Gasteiger partial charge in [0.2, 0.25) is 0 Å². The summed E-state index contributed by atoms with van der Waals surface area (Å²) in [6.45, 7) is 2.16. The molecule has 17 heavy (non-hydrogen) atoms. The molecule has 2 atom stereocenters. The summed E-state index contributed by atoms with van der Waals surface area (Å²) in [5, 5.41) is 0. The van der Waals surface area contributed by atoms with E-state index < -0.39 is 6.09 Å². The lowest BCUT2D eigenvalue weighted by molar-refractivity contribution is 0.0296. The number of amides is 1. The van der Waals surface area contributed by atoms with Gasteiger partial charge >= 0.3 is 6.09 Å². The van der Waals surface area contributed by atoms with Gasteiger partial charge in [-0.1, -0.05) is 43.7 Å². The van der Waals surface area contributed by atoms with Crippen LogP contribution in [-0.2, 0) is 10.2 Å². The monoisotopic (exact) mass is 233 g/mol. The SMILES string of the molecule is CC1(c2ccccc2)CCCCC1OC(N)=O. The van der Waals surface area contributed by atoms with Crippen molar-refractivity contribution in [2.75, 3.05) is 0 Å². The van der Waals surface area contributed by atoms with Gasteiger partial charge in [0.15, 0.2) is 0 Å². The third-order valence-electron chi connectivity index (χ3n) is 3.81. The summed E-state index contributed by atoms with van der Waals surface area (Å²) in [7, 11) is 0. The number of ether oxygens (including phenoxy) is 1. The van der Waals surface area contributed by atoms with Crippen molar-refractivity contribution in [1.82, 2.24) is 0 Å². The summed E-state index contributed by atoms with van der Waals surface area (Å²) >= 11 is 0. The molecule has 2 N–H and O–H groups in total. The molecule has 3 nitrogen and oxygen atoms in total. The van der Waals surface area contributed by atoms with Gasteiger partial charge in [-0.2, -0.15) is 0 Å². The van der Waals surface area contributed by atoms with Crippen molar-refractivity contribution >= 4 is 6.09 Å². The summed E-state index contributed by atoms with van der Waals surface area (Å²) in [5.74, 6) is 0. The van der Waals surface area contributed by atoms with Crippen molar-refractivity contribution in [3.8, 4) is 0 Å². The highest BCUT2D eigenvalue weighted by Gasteiger charge is 2.40. The maximum absolute atomic E-state index is 11.0. The number of hydrogen-bond acceptors (Lipinski definition) is 2. The molecule has 1 fully saturated rings. The number of carbonyl (C=O) groups is 1. The van der Waals surface area contributed by atoms with E-state index in [0.29, 0.717) is 0 Å². The van der Waals surface area contributed by atoms with Crippen LogP contribution >= 0.6 is 0 Å². The highest BCUT2D eigenvalue weighted by atomic mass is 16.6. The molecule has 0 spiro atoms. The van der Waals surface area contributed by atoms with Crippen LogP contribution in [0.5, 0.6) is 0 Å². The first-order valence-electron chi connectivity index (χ1n) is 6.14. The van der Waals surface area contributed by atoms with Crippen LogP contribution in [0.25, 0.3) is 0 Å². The van der Waals surface area contributed by atoms with Crippen molar-refractivity contribution in [3.05, 3.63) is 35.9 Å². The zero-order valence-electron chi connectivity index (χ0n) is 10.2. The molecule has 0 heterocycles. The summed E-state index contributed by atoms with van der Waals surface area (Å²) in [6, 6.07) is 10.2. The molecule has 1 aliphatic rings. The first kappa shape index (κ1) is 12.0. The smallest absolute Gasteiger partial charge is 0.404 e. The molecule has 0 bridgehead atoms. The fraction of sp³-hybridized carbons (Fsp3) is 0.500. The van der Waals surface area contributed by atoms with E-state index in [-0.39, 0.29) is 11.5 Å². The Labute approximate surface area is 102 Å². The van der Waals surface area contributed by atoms with Crippen LogP contribution < -0.4 is 5.73 Å². The largest absolute Gasteiger partial charge is 0.445 e. The van der Waals surface area contributed by atoms with E-state index in [2.05, 4.69) is 19.1 Å². The topological polar surface area (TPSA) is 52.3 Å². The van der Waals surface area contributed by atoms with E-state index in [1.165, 1.54) is 12.0 Å². The number of hydrogen-bond donors (Lipinski definition) is 1. The minimum Gasteiger partial charge on any atom is -0.445 e. The minimum atomic E-state index is -0.668. The second-order valence-electron chi connectivity index (χ2n) is 4.95. The number of nitrogens with two attached hydrogens (primary N) is 1. The molecular weight excluding hydrogens is 214 g/mol. The Morgan fingerprint density at radius 2 is 2.06 bits per heavy atom. The molecular formula is C14H19NO2. The first-order chi connectivity index (χ1) is 8.13. The lowest BCUT2D eigenvalue weighted by Crippen LogP contribution is -2.43. The van der Waals surface area contributed by atoms with Crippen LogP contribution in [0.2, 0.25) is 0 Å². The molecule has 1 aliphatic carbocycles. The van der Waals surface area contributed by atoms with Crippen LogP contribution in [0.4, 0.5) is 4.79 Å². The molecule has 1 aromatic rings. The fourth-order valence-electron chi connectivity index (χ4n) is 2.78. The van der Waals surface area contributed by atoms with Gasteiger partial charge < -0.3 is 10.5 Å². The Hall–Kier alpha value is -1.51. The van der Waals surface area contributed by atoms with E-state index in [4.69, 9.17) is 10.5 Å². The standard InChI is InChI=1S/C14H19NO2/c1-14(11-7-3-2-4-8-11)10-6-5-9-12(14)17-13(15)16/h2-4,7-8,12H,5-6,9-10H2,1H3,(H2,15,16). The highest BCUT2D eigenvalue weighted by molar-refractivity contribution is 5.65. The molecule has 1 amide bonds. The molecule has 92 valence electrons. The van der Waals surface area contributed by atoms with Crippen molar-refractivity contribution in [2.24, 2.45) is 5.73 Å². The van der Waals surface area contributed by atoms with Crippen LogP contribution in [0, 0.1) is 0 Å². The first-order valence-corrected chi connectivity index (χ1v) is 6.14. The molecule has 3 heteroatoms. The van der Waals surface area contributed by atoms with Crippen LogP contribution in [0.3, 0.4) is 0 Å². The van der Waals surface area contributed by atoms with Crippen LogP contribution in [0.1, 0.15) is 38.2 Å². The Bertz CT molecular complexity index is 390. The van der Waals surface area contributed by atoms with Crippen LogP contribution in [0.15, 0.2) is 30.3 Å². The quantitative estimate of drug-likeness (QED) is 0.853. The zero-order valence-corrected chi connectivity index (χ0v) is 10.2. The maximum atomic E-state index is 11.0. The third kappa shape index (κ3) is 2.43. The van der Waals surface area contributed by atoms with Gasteiger partial charge in [-0.15, -0.1) is 0 Å². The summed E-state index contributed by atoms with van der Waals surface area (Å²) in [4.78, 5) is 11.0. The van der Waals surface area contributed by atoms with Gasteiger partial charge in [-0.25, -0.2) is 4.79 Å². The van der Waals surface area contributed by atoms with E-state index in [1.807, 2.05) is 18.2 Å². The van der Waals surface area contributed by atoms with E-state index >= 15 is 0 Å². The Morgan fingerprint density at radius 1 is 1.35 bits per heavy atom. The second-order valence-corrected chi connectivity index (χ2v) is 4.95. The van der Waals surface area contributed by atoms with Gasteiger partial charge in [0.25, 0.3) is 0 Å². The Balaban J connectivity index is 2.28. The number of carbonyl (C=O) groups excluding carboxylic acids is 1. The number of primary amides is 1. The summed E-state index contributed by atoms with van der Waals surface area (Å²) < 4.78 is 5.30. The summed E-state index contributed by atoms with van der Waals surface area (Å²) in [5.41, 5.74) is 6.29. The van der Waals surface area contributed by atoms with Crippen molar-refractivity contribution in [1.29, 1.82) is 0 Å². The molecule has 0 aliphatic heterocycles.